The maximum atomic E-state index is 12.4. The molecule has 20 heavy (non-hydrogen) atoms. The van der Waals surface area contributed by atoms with Crippen LogP contribution in [0.1, 0.15) is 24.3 Å². The summed E-state index contributed by atoms with van der Waals surface area (Å²) in [4.78, 5) is 16.0. The van der Waals surface area contributed by atoms with E-state index in [0.29, 0.717) is 6.42 Å². The van der Waals surface area contributed by atoms with Crippen LogP contribution in [0.5, 0.6) is 0 Å². The Balaban J connectivity index is 2.02. The molecular formula is C13H17F3N2OS. The molecule has 7 heteroatoms. The van der Waals surface area contributed by atoms with E-state index in [2.05, 4.69) is 0 Å². The average molecular weight is 306 g/mol. The van der Waals surface area contributed by atoms with E-state index >= 15 is 0 Å². The van der Waals surface area contributed by atoms with Gasteiger partial charge in [-0.15, -0.1) is 11.3 Å². The van der Waals surface area contributed by atoms with Gasteiger partial charge in [-0.05, 0) is 31.8 Å². The van der Waals surface area contributed by atoms with Gasteiger partial charge >= 0.3 is 6.18 Å². The van der Waals surface area contributed by atoms with Crippen LogP contribution in [0.2, 0.25) is 0 Å². The Kier molecular flexibility index (Phi) is 4.39. The van der Waals surface area contributed by atoms with Crippen molar-refractivity contribution in [2.45, 2.75) is 31.6 Å². The second kappa shape index (κ2) is 5.73. The van der Waals surface area contributed by atoms with E-state index in [-0.39, 0.29) is 12.6 Å². The number of nitrogens with zero attached hydrogens (tertiary/aromatic N) is 2. The normalized spacial score (nSPS) is 21.8. The van der Waals surface area contributed by atoms with Gasteiger partial charge in [0.2, 0.25) is 5.91 Å². The van der Waals surface area contributed by atoms with Gasteiger partial charge in [0.25, 0.3) is 0 Å². The summed E-state index contributed by atoms with van der Waals surface area (Å²) >= 11 is 1.58. The van der Waals surface area contributed by atoms with Gasteiger partial charge in [0.1, 0.15) is 6.54 Å². The fraction of sp³-hybridized carbons (Fsp3) is 0.615. The molecule has 1 aliphatic heterocycles. The van der Waals surface area contributed by atoms with Gasteiger partial charge in [-0.3, -0.25) is 9.69 Å². The molecule has 2 heterocycles. The van der Waals surface area contributed by atoms with Crippen LogP contribution in [-0.2, 0) is 4.79 Å². The summed E-state index contributed by atoms with van der Waals surface area (Å²) in [7, 11) is 1.80. The first-order valence-electron chi connectivity index (χ1n) is 6.40. The minimum Gasteiger partial charge on any atom is -0.332 e. The van der Waals surface area contributed by atoms with Gasteiger partial charge in [-0.2, -0.15) is 13.2 Å². The number of rotatable bonds is 4. The van der Waals surface area contributed by atoms with Crippen molar-refractivity contribution in [2.24, 2.45) is 0 Å². The molecule has 1 fully saturated rings. The third kappa shape index (κ3) is 3.32. The highest BCUT2D eigenvalue weighted by Gasteiger charge is 2.41. The lowest BCUT2D eigenvalue weighted by Gasteiger charge is -2.29. The Bertz CT molecular complexity index is 461. The van der Waals surface area contributed by atoms with Crippen LogP contribution < -0.4 is 0 Å². The summed E-state index contributed by atoms with van der Waals surface area (Å²) in [5.41, 5.74) is 0. The van der Waals surface area contributed by atoms with Crippen molar-refractivity contribution in [2.75, 3.05) is 20.1 Å². The summed E-state index contributed by atoms with van der Waals surface area (Å²) < 4.78 is 37.2. The Morgan fingerprint density at radius 1 is 1.55 bits per heavy atom. The number of amides is 1. The molecule has 0 spiro atoms. The van der Waals surface area contributed by atoms with Crippen molar-refractivity contribution in [3.8, 4) is 0 Å². The number of likely N-dealkylation sites (tertiary alicyclic amines) is 1. The van der Waals surface area contributed by atoms with Crippen LogP contribution in [0.4, 0.5) is 13.2 Å². The highest BCUT2D eigenvalue weighted by atomic mass is 32.1. The number of thiophene rings is 1. The van der Waals surface area contributed by atoms with Crippen molar-refractivity contribution < 1.29 is 18.0 Å². The molecule has 0 aliphatic carbocycles. The van der Waals surface area contributed by atoms with Crippen LogP contribution >= 0.6 is 11.3 Å². The van der Waals surface area contributed by atoms with Crippen molar-refractivity contribution in [1.82, 2.24) is 9.80 Å². The van der Waals surface area contributed by atoms with Gasteiger partial charge in [0.15, 0.2) is 0 Å². The van der Waals surface area contributed by atoms with E-state index in [1.54, 1.807) is 18.4 Å². The number of alkyl halides is 3. The number of carbonyl (C=O) groups is 1. The molecule has 3 nitrogen and oxygen atoms in total. The van der Waals surface area contributed by atoms with E-state index < -0.39 is 24.7 Å². The molecule has 1 aromatic rings. The van der Waals surface area contributed by atoms with Crippen LogP contribution in [0.15, 0.2) is 17.5 Å². The predicted octanol–water partition coefficient (Wildman–Crippen LogP) is 2.90. The number of likely N-dealkylation sites (N-methyl/N-ethyl adjacent to an activating group) is 1. The molecule has 0 unspecified atom stereocenters. The topological polar surface area (TPSA) is 23.6 Å². The first-order valence-corrected chi connectivity index (χ1v) is 7.28. The van der Waals surface area contributed by atoms with Gasteiger partial charge < -0.3 is 4.90 Å². The molecule has 112 valence electrons. The zero-order valence-electron chi connectivity index (χ0n) is 11.4. The lowest BCUT2D eigenvalue weighted by atomic mass is 10.1. The Labute approximate surface area is 120 Å². The quantitative estimate of drug-likeness (QED) is 0.854. The third-order valence-electron chi connectivity index (χ3n) is 3.70. The molecule has 1 amide bonds. The Hall–Kier alpha value is -1.08. The fourth-order valence-electron chi connectivity index (χ4n) is 2.47. The van der Waals surface area contributed by atoms with Crippen molar-refractivity contribution in [3.05, 3.63) is 22.4 Å². The monoisotopic (exact) mass is 306 g/mol. The smallest absolute Gasteiger partial charge is 0.332 e. The van der Waals surface area contributed by atoms with Gasteiger partial charge in [-0.1, -0.05) is 6.07 Å². The maximum Gasteiger partial charge on any atom is 0.406 e. The summed E-state index contributed by atoms with van der Waals surface area (Å²) in [6.07, 6.45) is -3.89. The number of hydrogen-bond donors (Lipinski definition) is 0. The van der Waals surface area contributed by atoms with Crippen molar-refractivity contribution >= 4 is 17.2 Å². The van der Waals surface area contributed by atoms with Crippen LogP contribution in [0.25, 0.3) is 0 Å². The first-order chi connectivity index (χ1) is 9.29. The van der Waals surface area contributed by atoms with E-state index in [0.717, 1.165) is 9.78 Å². The molecule has 1 saturated heterocycles. The number of hydrogen-bond acceptors (Lipinski definition) is 3. The minimum absolute atomic E-state index is 0.0230. The molecular weight excluding hydrogens is 289 g/mol. The Morgan fingerprint density at radius 3 is 2.80 bits per heavy atom. The van der Waals surface area contributed by atoms with E-state index in [4.69, 9.17) is 0 Å². The fourth-order valence-corrected chi connectivity index (χ4v) is 3.31. The summed E-state index contributed by atoms with van der Waals surface area (Å²) in [5, 5.41) is 1.95. The largest absolute Gasteiger partial charge is 0.406 e. The maximum absolute atomic E-state index is 12.4. The lowest BCUT2D eigenvalue weighted by molar-refractivity contribution is -0.159. The van der Waals surface area contributed by atoms with Gasteiger partial charge in [-0.25, -0.2) is 0 Å². The van der Waals surface area contributed by atoms with E-state index in [1.165, 1.54) is 0 Å². The number of halogens is 3. The lowest BCUT2D eigenvalue weighted by Crippen LogP contribution is -2.43. The highest BCUT2D eigenvalue weighted by molar-refractivity contribution is 7.10. The SMILES string of the molecule is C[C@@H](c1cccs1)N(C)[C@H]1CCN(CC(F)(F)F)C1=O. The first kappa shape index (κ1) is 15.3. The molecule has 0 bridgehead atoms. The van der Waals surface area contributed by atoms with Gasteiger partial charge in [0.05, 0.1) is 6.04 Å². The summed E-state index contributed by atoms with van der Waals surface area (Å²) in [6, 6.07) is 3.46. The van der Waals surface area contributed by atoms with Crippen LogP contribution in [0, 0.1) is 0 Å². The number of carbonyl (C=O) groups excluding carboxylic acids is 1. The molecule has 0 saturated carbocycles. The summed E-state index contributed by atoms with van der Waals surface area (Å²) in [5.74, 6) is -0.423. The van der Waals surface area contributed by atoms with Crippen LogP contribution in [0.3, 0.4) is 0 Å². The predicted molar refractivity (Wildman–Crippen MR) is 71.5 cm³/mol. The van der Waals surface area contributed by atoms with Crippen molar-refractivity contribution in [1.29, 1.82) is 0 Å². The summed E-state index contributed by atoms with van der Waals surface area (Å²) in [6.45, 7) is 0.986. The zero-order chi connectivity index (χ0) is 14.9. The van der Waals surface area contributed by atoms with Gasteiger partial charge in [0, 0.05) is 17.5 Å². The molecule has 0 aromatic carbocycles. The average Bonchev–Trinajstić information content (AvgIpc) is 2.97. The van der Waals surface area contributed by atoms with E-state index in [1.807, 2.05) is 29.3 Å². The molecule has 0 radical (unpaired) electrons. The second-order valence-corrected chi connectivity index (χ2v) is 6.02. The molecule has 2 rings (SSSR count). The Morgan fingerprint density at radius 2 is 2.25 bits per heavy atom. The molecule has 1 aromatic heterocycles. The second-order valence-electron chi connectivity index (χ2n) is 5.04. The zero-order valence-corrected chi connectivity index (χ0v) is 12.2. The third-order valence-corrected chi connectivity index (χ3v) is 4.74. The van der Waals surface area contributed by atoms with E-state index in [9.17, 15) is 18.0 Å². The minimum atomic E-state index is -4.33. The molecule has 1 aliphatic rings. The van der Waals surface area contributed by atoms with Crippen LogP contribution in [-0.4, -0.2) is 48.1 Å². The molecule has 0 N–H and O–H groups in total. The standard InChI is InChI=1S/C13H17F3N2OS/c1-9(11-4-3-7-20-11)17(2)10-5-6-18(12(10)19)8-13(14,15)16/h3-4,7,9-10H,5-6,8H2,1-2H3/t9-,10-/m0/s1. The highest BCUT2D eigenvalue weighted by Crippen LogP contribution is 2.29. The van der Waals surface area contributed by atoms with Crippen molar-refractivity contribution in [3.63, 3.8) is 0 Å². The molecule has 2 atom stereocenters.